The fourth-order valence-electron chi connectivity index (χ4n) is 10.9. The van der Waals surface area contributed by atoms with Gasteiger partial charge in [0.25, 0.3) is 0 Å². The van der Waals surface area contributed by atoms with E-state index in [-0.39, 0.29) is 25.7 Å². The standard InChI is InChI=1S/C72H140O17P2/c1-8-9-10-11-12-13-14-15-16-17-18-19-20-25-33-41-48-55-71(76)88-67(59-82-69(74)53-46-39-32-24-22-21-23-29-36-43-50-63(2)3)61-86-90(78,79)84-57-66(73)58-85-91(80,81)87-62-68(60-83-70(75)54-47-40-35-28-31-38-45-52-65(6)7)89-72(77)56-49-42-34-27-26-30-37-44-51-64(4)5/h63-68,73H,8-62H2,1-7H3,(H,78,79)(H,80,81)/t66-,67-,68-/m1/s1. The Morgan fingerprint density at radius 3 is 0.747 bits per heavy atom. The quantitative estimate of drug-likeness (QED) is 0.0222. The van der Waals surface area contributed by atoms with Crippen molar-refractivity contribution in [2.24, 2.45) is 17.8 Å². The van der Waals surface area contributed by atoms with Crippen LogP contribution in [0.4, 0.5) is 0 Å². The Bertz CT molecular complexity index is 1780. The molecular weight excluding hydrogens is 1200 g/mol. The fourth-order valence-corrected chi connectivity index (χ4v) is 12.5. The summed E-state index contributed by atoms with van der Waals surface area (Å²) in [7, 11) is -9.90. The molecule has 0 aliphatic carbocycles. The van der Waals surface area contributed by atoms with Crippen molar-refractivity contribution in [3.05, 3.63) is 0 Å². The largest absolute Gasteiger partial charge is 0.472 e. The van der Waals surface area contributed by atoms with Gasteiger partial charge in [-0.25, -0.2) is 9.13 Å². The van der Waals surface area contributed by atoms with Crippen LogP contribution < -0.4 is 0 Å². The lowest BCUT2D eigenvalue weighted by molar-refractivity contribution is -0.161. The van der Waals surface area contributed by atoms with Crippen molar-refractivity contribution in [1.29, 1.82) is 0 Å². The Balaban J connectivity index is 5.24. The lowest BCUT2D eigenvalue weighted by Crippen LogP contribution is -2.30. The minimum atomic E-state index is -4.95. The molecule has 0 aromatic carbocycles. The number of hydrogen-bond acceptors (Lipinski definition) is 15. The van der Waals surface area contributed by atoms with Gasteiger partial charge >= 0.3 is 39.5 Å². The number of ether oxygens (including phenoxy) is 4. The third-order valence-electron chi connectivity index (χ3n) is 16.6. The third kappa shape index (κ3) is 66.5. The predicted octanol–water partition coefficient (Wildman–Crippen LogP) is 20.6. The van der Waals surface area contributed by atoms with Crippen LogP contribution in [-0.4, -0.2) is 96.7 Å². The van der Waals surface area contributed by atoms with Crippen LogP contribution in [0.25, 0.3) is 0 Å². The summed E-state index contributed by atoms with van der Waals surface area (Å²) in [6.07, 6.45) is 47.3. The second kappa shape index (κ2) is 62.8. The van der Waals surface area contributed by atoms with E-state index in [0.29, 0.717) is 31.6 Å². The Morgan fingerprint density at radius 1 is 0.297 bits per heavy atom. The van der Waals surface area contributed by atoms with E-state index >= 15 is 0 Å². The first-order chi connectivity index (χ1) is 43.7. The van der Waals surface area contributed by atoms with Crippen molar-refractivity contribution in [3.63, 3.8) is 0 Å². The molecule has 17 nitrogen and oxygen atoms in total. The number of phosphoric ester groups is 2. The van der Waals surface area contributed by atoms with E-state index in [9.17, 15) is 43.2 Å². The summed E-state index contributed by atoms with van der Waals surface area (Å²) in [6, 6.07) is 0. The zero-order valence-electron chi connectivity index (χ0n) is 59.3. The van der Waals surface area contributed by atoms with Gasteiger partial charge < -0.3 is 33.8 Å². The fraction of sp³-hybridized carbons (Fsp3) is 0.944. The molecule has 91 heavy (non-hydrogen) atoms. The van der Waals surface area contributed by atoms with Crippen molar-refractivity contribution in [2.45, 2.75) is 381 Å². The van der Waals surface area contributed by atoms with E-state index in [1.54, 1.807) is 0 Å². The molecule has 0 fully saturated rings. The van der Waals surface area contributed by atoms with Crippen LogP contribution in [0, 0.1) is 17.8 Å². The molecule has 0 aromatic heterocycles. The van der Waals surface area contributed by atoms with Gasteiger partial charge in [0.05, 0.1) is 26.4 Å². The molecule has 0 aliphatic heterocycles. The number of hydrogen-bond donors (Lipinski definition) is 3. The second-order valence-electron chi connectivity index (χ2n) is 27.4. The van der Waals surface area contributed by atoms with Gasteiger partial charge in [0.15, 0.2) is 12.2 Å². The smallest absolute Gasteiger partial charge is 0.462 e. The first-order valence-electron chi connectivity index (χ1n) is 37.3. The molecule has 0 amide bonds. The van der Waals surface area contributed by atoms with Crippen LogP contribution in [0.3, 0.4) is 0 Å². The molecule has 5 atom stereocenters. The normalized spacial score (nSPS) is 14.2. The molecule has 0 aliphatic rings. The molecule has 2 unspecified atom stereocenters. The summed E-state index contributed by atoms with van der Waals surface area (Å²) < 4.78 is 68.3. The minimum absolute atomic E-state index is 0.104. The van der Waals surface area contributed by atoms with Gasteiger partial charge in [-0.1, -0.05) is 312 Å². The zero-order chi connectivity index (χ0) is 67.3. The van der Waals surface area contributed by atoms with Crippen molar-refractivity contribution in [2.75, 3.05) is 39.6 Å². The summed E-state index contributed by atoms with van der Waals surface area (Å²) in [6.45, 7) is 11.8. The summed E-state index contributed by atoms with van der Waals surface area (Å²) >= 11 is 0. The van der Waals surface area contributed by atoms with Crippen LogP contribution in [0.2, 0.25) is 0 Å². The summed E-state index contributed by atoms with van der Waals surface area (Å²) in [5.74, 6) is 0.0562. The van der Waals surface area contributed by atoms with Gasteiger partial charge in [-0.3, -0.25) is 37.3 Å². The van der Waals surface area contributed by atoms with E-state index in [1.165, 1.54) is 167 Å². The molecule has 0 aromatic rings. The van der Waals surface area contributed by atoms with Crippen molar-refractivity contribution < 1.29 is 80.2 Å². The zero-order valence-corrected chi connectivity index (χ0v) is 61.1. The number of aliphatic hydroxyl groups excluding tert-OH is 1. The Kier molecular flexibility index (Phi) is 61.5. The van der Waals surface area contributed by atoms with Gasteiger partial charge in [-0.15, -0.1) is 0 Å². The van der Waals surface area contributed by atoms with Crippen molar-refractivity contribution in [1.82, 2.24) is 0 Å². The molecule has 0 rings (SSSR count). The van der Waals surface area contributed by atoms with Crippen LogP contribution in [0.1, 0.15) is 363 Å². The van der Waals surface area contributed by atoms with Crippen LogP contribution in [0.15, 0.2) is 0 Å². The molecule has 19 heteroatoms. The SMILES string of the molecule is CCCCCCCCCCCCCCCCCCCC(=O)O[C@H](COC(=O)CCCCCCCCCCCCC(C)C)COP(=O)(O)OC[C@@H](O)COP(=O)(O)OC[C@@H](COC(=O)CCCCCCCCCC(C)C)OC(=O)CCCCCCCCCCC(C)C. The third-order valence-corrected chi connectivity index (χ3v) is 18.5. The molecule has 0 spiro atoms. The van der Waals surface area contributed by atoms with E-state index < -0.39 is 97.5 Å². The number of phosphoric acid groups is 2. The van der Waals surface area contributed by atoms with E-state index in [0.717, 1.165) is 108 Å². The highest BCUT2D eigenvalue weighted by Crippen LogP contribution is 2.45. The monoisotopic (exact) mass is 1340 g/mol. The van der Waals surface area contributed by atoms with Crippen LogP contribution in [0.5, 0.6) is 0 Å². The molecular formula is C72H140O17P2. The van der Waals surface area contributed by atoms with Gasteiger partial charge in [0, 0.05) is 25.7 Å². The lowest BCUT2D eigenvalue weighted by Gasteiger charge is -2.21. The number of rotatable bonds is 70. The molecule has 0 saturated carbocycles. The number of aliphatic hydroxyl groups is 1. The second-order valence-corrected chi connectivity index (χ2v) is 30.3. The lowest BCUT2D eigenvalue weighted by atomic mass is 10.0. The minimum Gasteiger partial charge on any atom is -0.462 e. The maximum absolute atomic E-state index is 13.0. The van der Waals surface area contributed by atoms with E-state index in [4.69, 9.17) is 37.0 Å². The first kappa shape index (κ1) is 89.1. The van der Waals surface area contributed by atoms with E-state index in [2.05, 4.69) is 48.5 Å². The summed E-state index contributed by atoms with van der Waals surface area (Å²) in [4.78, 5) is 72.6. The average molecular weight is 1340 g/mol. The Labute approximate surface area is 556 Å². The molecule has 0 radical (unpaired) electrons. The molecule has 3 N–H and O–H groups in total. The van der Waals surface area contributed by atoms with Gasteiger partial charge in [-0.05, 0) is 43.4 Å². The van der Waals surface area contributed by atoms with Gasteiger partial charge in [0.2, 0.25) is 0 Å². The Morgan fingerprint density at radius 2 is 0.505 bits per heavy atom. The average Bonchev–Trinajstić information content (AvgIpc) is 3.60. The predicted molar refractivity (Wildman–Crippen MR) is 368 cm³/mol. The first-order valence-corrected chi connectivity index (χ1v) is 40.3. The van der Waals surface area contributed by atoms with Crippen molar-refractivity contribution >= 4 is 39.5 Å². The molecule has 0 heterocycles. The summed E-state index contributed by atoms with van der Waals surface area (Å²) in [5.41, 5.74) is 0. The molecule has 0 bridgehead atoms. The van der Waals surface area contributed by atoms with Gasteiger partial charge in [-0.2, -0.15) is 0 Å². The maximum atomic E-state index is 13.0. The Hall–Kier alpha value is -1.94. The summed E-state index contributed by atoms with van der Waals surface area (Å²) in [5, 5.41) is 10.6. The maximum Gasteiger partial charge on any atom is 0.472 e. The van der Waals surface area contributed by atoms with E-state index in [1.807, 2.05) is 0 Å². The van der Waals surface area contributed by atoms with Crippen molar-refractivity contribution in [3.8, 4) is 0 Å². The highest BCUT2D eigenvalue weighted by atomic mass is 31.2. The molecule has 540 valence electrons. The van der Waals surface area contributed by atoms with Crippen LogP contribution in [-0.2, 0) is 65.4 Å². The van der Waals surface area contributed by atoms with Gasteiger partial charge in [0.1, 0.15) is 19.3 Å². The highest BCUT2D eigenvalue weighted by molar-refractivity contribution is 7.47. The number of esters is 4. The highest BCUT2D eigenvalue weighted by Gasteiger charge is 2.30. The number of carbonyl (C=O) groups excluding carboxylic acids is 4. The number of carbonyl (C=O) groups is 4. The molecule has 0 saturated heterocycles. The topological polar surface area (TPSA) is 237 Å². The number of unbranched alkanes of at least 4 members (excludes halogenated alkanes) is 38. The van der Waals surface area contributed by atoms with Crippen LogP contribution >= 0.6 is 15.6 Å².